The highest BCUT2D eigenvalue weighted by Gasteiger charge is 2.28. The minimum absolute atomic E-state index is 0.183. The fraction of sp³-hybridized carbons (Fsp3) is 0.182. The summed E-state index contributed by atoms with van der Waals surface area (Å²) in [6.07, 6.45) is 0.548. The number of benzene rings is 1. The molecule has 17 heavy (non-hydrogen) atoms. The van der Waals surface area contributed by atoms with Gasteiger partial charge in [-0.1, -0.05) is 12.1 Å². The predicted molar refractivity (Wildman–Crippen MR) is 64.2 cm³/mol. The molecule has 5 nitrogen and oxygen atoms in total. The number of nitrogens with zero attached hydrogens (tertiary/aromatic N) is 1. The number of nitrogens with two attached hydrogens (primary N) is 1. The second-order valence-corrected chi connectivity index (χ2v) is 6.14. The van der Waals surface area contributed by atoms with Crippen LogP contribution >= 0.6 is 0 Å². The Labute approximate surface area is 98.6 Å². The lowest BCUT2D eigenvalue weighted by atomic mass is 10.0. The molecule has 2 aromatic rings. The summed E-state index contributed by atoms with van der Waals surface area (Å²) < 4.78 is 23.6. The number of nitrogens with one attached hydrogen (secondary N) is 1. The van der Waals surface area contributed by atoms with E-state index in [1.807, 2.05) is 6.07 Å². The number of H-pyrrole nitrogens is 1. The van der Waals surface area contributed by atoms with Crippen molar-refractivity contribution in [2.24, 2.45) is 0 Å². The quantitative estimate of drug-likeness (QED) is 0.788. The van der Waals surface area contributed by atoms with Crippen LogP contribution in [0.15, 0.2) is 29.2 Å². The highest BCUT2D eigenvalue weighted by Crippen LogP contribution is 2.33. The molecule has 2 heterocycles. The number of hydrogen-bond donors (Lipinski definition) is 2. The van der Waals surface area contributed by atoms with Gasteiger partial charge in [0.05, 0.1) is 16.3 Å². The molecule has 3 rings (SSSR count). The third kappa shape index (κ3) is 1.52. The molecule has 1 aromatic heterocycles. The summed E-state index contributed by atoms with van der Waals surface area (Å²) in [5, 5.41) is 6.67. The molecule has 0 aliphatic carbocycles. The van der Waals surface area contributed by atoms with Gasteiger partial charge in [0, 0.05) is 11.6 Å². The number of fused-ring (bicyclic) bond motifs is 1. The van der Waals surface area contributed by atoms with Crippen LogP contribution in [-0.4, -0.2) is 24.4 Å². The molecule has 88 valence electrons. The van der Waals surface area contributed by atoms with E-state index in [9.17, 15) is 8.42 Å². The second-order valence-electron chi connectivity index (χ2n) is 4.06. The van der Waals surface area contributed by atoms with Gasteiger partial charge in [-0.2, -0.15) is 5.10 Å². The Kier molecular flexibility index (Phi) is 2.03. The molecule has 3 N–H and O–H groups in total. The number of hydrogen-bond acceptors (Lipinski definition) is 4. The van der Waals surface area contributed by atoms with Crippen molar-refractivity contribution in [2.75, 3.05) is 11.5 Å². The first-order valence-electron chi connectivity index (χ1n) is 5.24. The van der Waals surface area contributed by atoms with Gasteiger partial charge in [-0.25, -0.2) is 8.42 Å². The number of nitrogen functional groups attached to an aromatic ring is 1. The van der Waals surface area contributed by atoms with Crippen LogP contribution in [0.4, 0.5) is 5.82 Å². The highest BCUT2D eigenvalue weighted by atomic mass is 32.2. The summed E-state index contributed by atoms with van der Waals surface area (Å²) in [4.78, 5) is 0.433. The Hall–Kier alpha value is -1.82. The number of rotatable bonds is 1. The molecule has 0 atom stereocenters. The highest BCUT2D eigenvalue weighted by molar-refractivity contribution is 7.91. The molecular formula is C11H11N3O2S. The molecule has 0 fully saturated rings. The molecule has 1 aliphatic rings. The molecule has 1 aromatic carbocycles. The van der Waals surface area contributed by atoms with Crippen molar-refractivity contribution in [3.8, 4) is 11.3 Å². The number of anilines is 1. The maximum Gasteiger partial charge on any atom is 0.178 e. The van der Waals surface area contributed by atoms with Crippen LogP contribution in [0.3, 0.4) is 0 Å². The van der Waals surface area contributed by atoms with Crippen molar-refractivity contribution in [1.82, 2.24) is 10.2 Å². The van der Waals surface area contributed by atoms with Crippen molar-refractivity contribution in [3.05, 3.63) is 29.8 Å². The van der Waals surface area contributed by atoms with E-state index in [2.05, 4.69) is 10.2 Å². The molecule has 0 spiro atoms. The normalized spacial score (nSPS) is 16.9. The Bertz CT molecular complexity index is 688. The van der Waals surface area contributed by atoms with E-state index in [0.29, 0.717) is 17.1 Å². The molecule has 0 radical (unpaired) electrons. The lowest BCUT2D eigenvalue weighted by molar-refractivity contribution is 0.600. The van der Waals surface area contributed by atoms with Gasteiger partial charge in [0.2, 0.25) is 0 Å². The van der Waals surface area contributed by atoms with Gasteiger partial charge in [-0.15, -0.1) is 0 Å². The zero-order chi connectivity index (χ0) is 12.0. The van der Waals surface area contributed by atoms with Gasteiger partial charge < -0.3 is 5.73 Å². The Morgan fingerprint density at radius 2 is 2.18 bits per heavy atom. The van der Waals surface area contributed by atoms with Crippen molar-refractivity contribution >= 4 is 15.7 Å². The molecule has 0 saturated heterocycles. The van der Waals surface area contributed by atoms with Crippen LogP contribution in [-0.2, 0) is 16.3 Å². The fourth-order valence-corrected chi connectivity index (χ4v) is 3.75. The van der Waals surface area contributed by atoms with Gasteiger partial charge in [-0.05, 0) is 18.1 Å². The average molecular weight is 249 g/mol. The van der Waals surface area contributed by atoms with E-state index in [1.54, 1.807) is 18.2 Å². The number of sulfone groups is 1. The summed E-state index contributed by atoms with van der Waals surface area (Å²) in [7, 11) is -3.09. The third-order valence-corrected chi connectivity index (χ3v) is 4.77. The van der Waals surface area contributed by atoms with Crippen molar-refractivity contribution in [1.29, 1.82) is 0 Å². The molecule has 0 amide bonds. The topological polar surface area (TPSA) is 88.8 Å². The first-order chi connectivity index (χ1) is 8.08. The summed E-state index contributed by atoms with van der Waals surface area (Å²) in [6, 6.07) is 6.99. The maximum atomic E-state index is 11.8. The predicted octanol–water partition coefficient (Wildman–Crippen LogP) is 0.989. The van der Waals surface area contributed by atoms with Crippen LogP contribution in [0.2, 0.25) is 0 Å². The third-order valence-electron chi connectivity index (χ3n) is 2.98. The summed E-state index contributed by atoms with van der Waals surface area (Å²) in [5.41, 5.74) is 8.04. The molecule has 0 unspecified atom stereocenters. The zero-order valence-electron chi connectivity index (χ0n) is 8.97. The second kappa shape index (κ2) is 3.33. The minimum atomic E-state index is -3.09. The van der Waals surface area contributed by atoms with E-state index in [4.69, 9.17) is 5.73 Å². The van der Waals surface area contributed by atoms with Crippen molar-refractivity contribution < 1.29 is 8.42 Å². The number of aromatic amines is 1. The summed E-state index contributed by atoms with van der Waals surface area (Å²) >= 11 is 0. The maximum absolute atomic E-state index is 11.8. The van der Waals surface area contributed by atoms with Crippen LogP contribution < -0.4 is 5.73 Å². The van der Waals surface area contributed by atoms with Crippen molar-refractivity contribution in [3.63, 3.8) is 0 Å². The largest absolute Gasteiger partial charge is 0.382 e. The van der Waals surface area contributed by atoms with Gasteiger partial charge in [-0.3, -0.25) is 5.10 Å². The molecule has 0 saturated carbocycles. The van der Waals surface area contributed by atoms with Gasteiger partial charge >= 0.3 is 0 Å². The molecule has 6 heteroatoms. The van der Waals surface area contributed by atoms with E-state index < -0.39 is 9.84 Å². The molecular weight excluding hydrogens is 238 g/mol. The lowest BCUT2D eigenvalue weighted by Gasteiger charge is -2.04. The molecule has 1 aliphatic heterocycles. The van der Waals surface area contributed by atoms with Crippen LogP contribution in [0.1, 0.15) is 5.56 Å². The minimum Gasteiger partial charge on any atom is -0.382 e. The smallest absolute Gasteiger partial charge is 0.178 e. The van der Waals surface area contributed by atoms with Gasteiger partial charge in [0.25, 0.3) is 0 Å². The standard InChI is InChI=1S/C11H11N3O2S/c12-11-6-9(13-14-11)7-2-1-3-10-8(7)4-5-17(10,15)16/h1-3,6H,4-5H2,(H3,12,13,14). The van der Waals surface area contributed by atoms with Crippen molar-refractivity contribution in [2.45, 2.75) is 11.3 Å². The lowest BCUT2D eigenvalue weighted by Crippen LogP contribution is -1.98. The summed E-state index contributed by atoms with van der Waals surface area (Å²) in [5.74, 6) is 0.585. The van der Waals surface area contributed by atoms with Crippen LogP contribution in [0.25, 0.3) is 11.3 Å². The van der Waals surface area contributed by atoms with E-state index >= 15 is 0 Å². The zero-order valence-corrected chi connectivity index (χ0v) is 9.79. The Morgan fingerprint density at radius 3 is 2.88 bits per heavy atom. The van der Waals surface area contributed by atoms with E-state index in [1.165, 1.54) is 0 Å². The van der Waals surface area contributed by atoms with Gasteiger partial charge in [0.15, 0.2) is 9.84 Å². The summed E-state index contributed by atoms with van der Waals surface area (Å²) in [6.45, 7) is 0. The average Bonchev–Trinajstić information content (AvgIpc) is 2.84. The monoisotopic (exact) mass is 249 g/mol. The molecule has 0 bridgehead atoms. The number of aromatic nitrogens is 2. The van der Waals surface area contributed by atoms with Crippen LogP contribution in [0.5, 0.6) is 0 Å². The van der Waals surface area contributed by atoms with E-state index in [-0.39, 0.29) is 5.75 Å². The Balaban J connectivity index is 2.25. The SMILES string of the molecule is Nc1cc(-c2cccc3c2CCS3(=O)=O)[nH]n1. The first kappa shape index (κ1) is 10.3. The fourth-order valence-electron chi connectivity index (χ4n) is 2.19. The van der Waals surface area contributed by atoms with E-state index in [0.717, 1.165) is 16.8 Å². The van der Waals surface area contributed by atoms with Crippen LogP contribution in [0, 0.1) is 0 Å². The first-order valence-corrected chi connectivity index (χ1v) is 6.89. The Morgan fingerprint density at radius 1 is 1.35 bits per heavy atom. The van der Waals surface area contributed by atoms with Gasteiger partial charge in [0.1, 0.15) is 5.82 Å².